The molecule has 1 heterocycles. The van der Waals surface area contributed by atoms with Gasteiger partial charge in [0.05, 0.1) is 26.3 Å². The number of hydrogen-bond acceptors (Lipinski definition) is 9. The average molecular weight is 521 g/mol. The molecule has 0 aliphatic carbocycles. The zero-order valence-electron chi connectivity index (χ0n) is 18.9. The lowest BCUT2D eigenvalue weighted by Crippen LogP contribution is -2.48. The summed E-state index contributed by atoms with van der Waals surface area (Å²) in [6.07, 6.45) is -1.63. The highest BCUT2D eigenvalue weighted by Gasteiger charge is 2.27. The van der Waals surface area contributed by atoms with E-state index >= 15 is 0 Å². The first kappa shape index (κ1) is 26.6. The molecule has 190 valence electrons. The molecule has 1 aromatic heterocycles. The summed E-state index contributed by atoms with van der Waals surface area (Å²) in [5.41, 5.74) is 9.19. The largest absolute Gasteiger partial charge is 0.479 e. The number of nitrogens with two attached hydrogens (primary N) is 1. The maximum Gasteiger partial charge on any atom is 0.346 e. The zero-order valence-corrected chi connectivity index (χ0v) is 19.7. The van der Waals surface area contributed by atoms with Crippen LogP contribution in [-0.2, 0) is 20.9 Å². The lowest BCUT2D eigenvalue weighted by Gasteiger charge is -2.25. The van der Waals surface area contributed by atoms with Crippen LogP contribution < -0.4 is 15.9 Å². The number of carboxylic acid groups (broad SMARTS) is 1. The standard InChI is InChI=1S/C23H22ClFN4O7/c1-34-20-9-18(36-28-20)22(31)27-29(12-19(23(32)33)35-21(30)10-26)11-13-2-4-14(5-3-13)16-8-15(24)6-7-17(16)25/h2-9,19H,10-12,26H2,1H3,(H,27,31)(H,32,33)/t19-/m1/s1. The van der Waals surface area contributed by atoms with Crippen LogP contribution in [0.25, 0.3) is 11.1 Å². The molecule has 0 aliphatic rings. The molecule has 2 aromatic carbocycles. The fourth-order valence-electron chi connectivity index (χ4n) is 3.11. The molecule has 0 spiro atoms. The number of aliphatic carboxylic acids is 1. The summed E-state index contributed by atoms with van der Waals surface area (Å²) in [4.78, 5) is 35.9. The van der Waals surface area contributed by atoms with Crippen molar-refractivity contribution < 1.29 is 37.9 Å². The summed E-state index contributed by atoms with van der Waals surface area (Å²) in [6, 6.07) is 12.1. The van der Waals surface area contributed by atoms with Crippen LogP contribution in [0.15, 0.2) is 53.1 Å². The summed E-state index contributed by atoms with van der Waals surface area (Å²) in [7, 11) is 1.34. The molecule has 0 saturated heterocycles. The molecular weight excluding hydrogens is 499 g/mol. The van der Waals surface area contributed by atoms with E-state index in [2.05, 4.69) is 10.6 Å². The summed E-state index contributed by atoms with van der Waals surface area (Å²) in [6.45, 7) is -0.961. The number of benzene rings is 2. The molecule has 13 heteroatoms. The van der Waals surface area contributed by atoms with Gasteiger partial charge in [0.25, 0.3) is 5.88 Å². The Morgan fingerprint density at radius 1 is 1.22 bits per heavy atom. The zero-order chi connectivity index (χ0) is 26.2. The van der Waals surface area contributed by atoms with Gasteiger partial charge in [0.1, 0.15) is 5.82 Å². The quantitative estimate of drug-likeness (QED) is 0.253. The molecule has 1 amide bonds. The van der Waals surface area contributed by atoms with Crippen molar-refractivity contribution >= 4 is 29.4 Å². The number of rotatable bonds is 11. The van der Waals surface area contributed by atoms with Crippen LogP contribution in [0.3, 0.4) is 0 Å². The Hall–Kier alpha value is -4.00. The number of nitrogens with one attached hydrogen (secondary N) is 1. The number of nitrogens with zero attached hydrogens (tertiary/aromatic N) is 2. The summed E-state index contributed by atoms with van der Waals surface area (Å²) in [5, 5.41) is 14.6. The van der Waals surface area contributed by atoms with Crippen LogP contribution in [0.4, 0.5) is 4.39 Å². The number of carboxylic acids is 1. The molecule has 0 bridgehead atoms. The van der Waals surface area contributed by atoms with Gasteiger partial charge in [-0.05, 0) is 34.5 Å². The third-order valence-electron chi connectivity index (χ3n) is 4.85. The van der Waals surface area contributed by atoms with Gasteiger partial charge in [-0.3, -0.25) is 15.0 Å². The SMILES string of the molecule is COc1cc(C(=O)NN(Cc2ccc(-c3cc(Cl)ccc3F)cc2)C[C@@H](OC(=O)CN)C(=O)O)on1. The molecule has 0 radical (unpaired) electrons. The summed E-state index contributed by atoms with van der Waals surface area (Å²) in [5.74, 6) is -3.71. The van der Waals surface area contributed by atoms with Gasteiger partial charge in [-0.2, -0.15) is 0 Å². The van der Waals surface area contributed by atoms with Crippen molar-refractivity contribution in [2.45, 2.75) is 12.6 Å². The van der Waals surface area contributed by atoms with E-state index in [1.165, 1.54) is 36.4 Å². The van der Waals surface area contributed by atoms with Crippen molar-refractivity contribution in [3.05, 3.63) is 70.7 Å². The van der Waals surface area contributed by atoms with Gasteiger partial charge in [0, 0.05) is 17.1 Å². The average Bonchev–Trinajstić information content (AvgIpc) is 3.35. The second-order valence-corrected chi connectivity index (χ2v) is 7.83. The first-order valence-corrected chi connectivity index (χ1v) is 10.8. The molecular formula is C23H22ClFN4O7. The third-order valence-corrected chi connectivity index (χ3v) is 5.09. The molecule has 3 rings (SSSR count). The van der Waals surface area contributed by atoms with Crippen LogP contribution in [0.5, 0.6) is 5.88 Å². The van der Waals surface area contributed by atoms with Crippen molar-refractivity contribution in [3.63, 3.8) is 0 Å². The van der Waals surface area contributed by atoms with Crippen molar-refractivity contribution in [2.24, 2.45) is 5.73 Å². The summed E-state index contributed by atoms with van der Waals surface area (Å²) >= 11 is 5.97. The van der Waals surface area contributed by atoms with Gasteiger partial charge in [0.15, 0.2) is 0 Å². The van der Waals surface area contributed by atoms with E-state index in [4.69, 9.17) is 31.3 Å². The normalized spacial score (nSPS) is 11.7. The summed E-state index contributed by atoms with van der Waals surface area (Å²) < 4.78 is 28.9. The number of amides is 1. The molecule has 36 heavy (non-hydrogen) atoms. The monoisotopic (exact) mass is 520 g/mol. The Morgan fingerprint density at radius 3 is 2.56 bits per heavy atom. The number of aromatic nitrogens is 1. The maximum absolute atomic E-state index is 14.2. The first-order valence-electron chi connectivity index (χ1n) is 10.4. The molecule has 1 atom stereocenters. The Bertz CT molecular complexity index is 1240. The lowest BCUT2D eigenvalue weighted by atomic mass is 10.0. The highest BCUT2D eigenvalue weighted by Crippen LogP contribution is 2.26. The lowest BCUT2D eigenvalue weighted by molar-refractivity contribution is -0.164. The minimum Gasteiger partial charge on any atom is -0.479 e. The predicted molar refractivity (Wildman–Crippen MR) is 124 cm³/mol. The van der Waals surface area contributed by atoms with E-state index in [0.717, 1.165) is 0 Å². The van der Waals surface area contributed by atoms with Gasteiger partial charge in [0.2, 0.25) is 11.9 Å². The van der Waals surface area contributed by atoms with E-state index in [-0.39, 0.29) is 18.2 Å². The Morgan fingerprint density at radius 2 is 1.94 bits per heavy atom. The van der Waals surface area contributed by atoms with Crippen LogP contribution >= 0.6 is 11.6 Å². The topological polar surface area (TPSA) is 157 Å². The molecule has 11 nitrogen and oxygen atoms in total. The van der Waals surface area contributed by atoms with Crippen LogP contribution in [-0.4, -0.2) is 59.4 Å². The Labute approximate surface area is 209 Å². The van der Waals surface area contributed by atoms with Gasteiger partial charge in [-0.15, -0.1) is 0 Å². The Balaban J connectivity index is 1.82. The van der Waals surface area contributed by atoms with E-state index in [1.54, 1.807) is 24.3 Å². The molecule has 0 fully saturated rings. The minimum absolute atomic E-state index is 0.0146. The fraction of sp³-hybridized carbons (Fsp3) is 0.217. The van der Waals surface area contributed by atoms with E-state index < -0.39 is 42.9 Å². The predicted octanol–water partition coefficient (Wildman–Crippen LogP) is 2.24. The van der Waals surface area contributed by atoms with Crippen LogP contribution in [0.2, 0.25) is 5.02 Å². The molecule has 0 aliphatic heterocycles. The molecule has 0 saturated carbocycles. The number of halogens is 2. The number of ether oxygens (including phenoxy) is 2. The maximum atomic E-state index is 14.2. The molecule has 0 unspecified atom stereocenters. The molecule has 3 aromatic rings. The van der Waals surface area contributed by atoms with E-state index in [9.17, 15) is 23.9 Å². The number of hydrazine groups is 1. The fourth-order valence-corrected chi connectivity index (χ4v) is 3.28. The number of carbonyl (C=O) groups excluding carboxylic acids is 2. The second-order valence-electron chi connectivity index (χ2n) is 7.40. The van der Waals surface area contributed by atoms with Gasteiger partial charge < -0.3 is 24.8 Å². The Kier molecular flexibility index (Phi) is 8.95. The van der Waals surface area contributed by atoms with Crippen LogP contribution in [0.1, 0.15) is 16.1 Å². The van der Waals surface area contributed by atoms with Crippen LogP contribution in [0, 0.1) is 5.82 Å². The van der Waals surface area contributed by atoms with Gasteiger partial charge in [-0.1, -0.05) is 35.9 Å². The number of carbonyl (C=O) groups is 3. The van der Waals surface area contributed by atoms with Crippen molar-refractivity contribution in [3.8, 4) is 17.0 Å². The minimum atomic E-state index is -1.63. The number of methoxy groups -OCH3 is 1. The van der Waals surface area contributed by atoms with Crippen molar-refractivity contribution in [1.82, 2.24) is 15.6 Å². The molecule has 4 N–H and O–H groups in total. The van der Waals surface area contributed by atoms with Crippen molar-refractivity contribution in [2.75, 3.05) is 20.2 Å². The third kappa shape index (κ3) is 7.01. The van der Waals surface area contributed by atoms with Gasteiger partial charge in [-0.25, -0.2) is 14.2 Å². The highest BCUT2D eigenvalue weighted by molar-refractivity contribution is 6.30. The second kappa shape index (κ2) is 12.1. The highest BCUT2D eigenvalue weighted by atomic mass is 35.5. The van der Waals surface area contributed by atoms with E-state index in [0.29, 0.717) is 21.7 Å². The smallest absolute Gasteiger partial charge is 0.346 e. The number of esters is 1. The van der Waals surface area contributed by atoms with Gasteiger partial charge >= 0.3 is 17.8 Å². The first-order chi connectivity index (χ1) is 17.2. The van der Waals surface area contributed by atoms with Crippen molar-refractivity contribution in [1.29, 1.82) is 0 Å². The number of hydrogen-bond donors (Lipinski definition) is 3. The van der Waals surface area contributed by atoms with E-state index in [1.807, 2.05) is 0 Å².